The molecule has 1 heterocycles. The van der Waals surface area contributed by atoms with Crippen molar-refractivity contribution < 1.29 is 12.9 Å². The third-order valence-electron chi connectivity index (χ3n) is 3.87. The summed E-state index contributed by atoms with van der Waals surface area (Å²) in [6, 6.07) is 13.6. The Morgan fingerprint density at radius 3 is 2.44 bits per heavy atom. The van der Waals surface area contributed by atoms with Gasteiger partial charge in [-0.15, -0.1) is 6.58 Å². The fourth-order valence-corrected chi connectivity index (χ4v) is 3.92. The lowest BCUT2D eigenvalue weighted by Crippen LogP contribution is -2.31. The second-order valence-corrected chi connectivity index (χ2v) is 8.29. The number of aromatic nitrogens is 2. The third-order valence-corrected chi connectivity index (χ3v) is 5.95. The zero-order valence-electron chi connectivity index (χ0n) is 14.7. The molecule has 0 aliphatic rings. The van der Waals surface area contributed by atoms with Crippen molar-refractivity contribution >= 4 is 21.6 Å². The minimum Gasteiger partial charge on any atom is -0.338 e. The van der Waals surface area contributed by atoms with Crippen molar-refractivity contribution in [2.45, 2.75) is 18.4 Å². The fourth-order valence-electron chi connectivity index (χ4n) is 2.44. The molecule has 1 aromatic heterocycles. The number of aryl methyl sites for hydroxylation is 1. The van der Waals surface area contributed by atoms with Gasteiger partial charge in [0.1, 0.15) is 0 Å². The molecule has 3 rings (SSSR count). The van der Waals surface area contributed by atoms with Gasteiger partial charge in [0, 0.05) is 17.1 Å². The molecule has 0 spiro atoms. The molecule has 0 N–H and O–H groups in total. The largest absolute Gasteiger partial charge is 0.338 e. The summed E-state index contributed by atoms with van der Waals surface area (Å²) in [6.07, 6.45) is 1.50. The summed E-state index contributed by atoms with van der Waals surface area (Å²) in [4.78, 5) is 4.45. The summed E-state index contributed by atoms with van der Waals surface area (Å²) < 4.78 is 32.3. The van der Waals surface area contributed by atoms with Crippen LogP contribution in [-0.4, -0.2) is 29.4 Å². The lowest BCUT2D eigenvalue weighted by Gasteiger charge is -2.18. The maximum absolute atomic E-state index is 12.9. The molecule has 0 saturated heterocycles. The van der Waals surface area contributed by atoms with E-state index in [0.717, 1.165) is 11.1 Å². The Morgan fingerprint density at radius 1 is 1.15 bits per heavy atom. The summed E-state index contributed by atoms with van der Waals surface area (Å²) in [6.45, 7) is 5.66. The summed E-state index contributed by atoms with van der Waals surface area (Å²) in [5.74, 6) is 0.609. The second kappa shape index (κ2) is 8.04. The molecule has 27 heavy (non-hydrogen) atoms. The monoisotopic (exact) mass is 403 g/mol. The fraction of sp³-hybridized carbons (Fsp3) is 0.158. The second-order valence-electron chi connectivity index (χ2n) is 5.92. The van der Waals surface area contributed by atoms with Crippen LogP contribution in [0.4, 0.5) is 0 Å². The summed E-state index contributed by atoms with van der Waals surface area (Å²) >= 11 is 5.85. The van der Waals surface area contributed by atoms with Crippen molar-refractivity contribution in [1.82, 2.24) is 14.4 Å². The molecule has 0 aliphatic carbocycles. The lowest BCUT2D eigenvalue weighted by atomic mass is 10.1. The SMILES string of the molecule is C=CCN(Cc1nc(-c2ccc(C)cc2)no1)S(=O)(=O)c1ccc(Cl)cc1. The van der Waals surface area contributed by atoms with Crippen molar-refractivity contribution in [2.75, 3.05) is 6.54 Å². The van der Waals surface area contributed by atoms with Crippen molar-refractivity contribution in [2.24, 2.45) is 0 Å². The molecule has 0 unspecified atom stereocenters. The normalized spacial score (nSPS) is 11.7. The minimum absolute atomic E-state index is 0.0597. The van der Waals surface area contributed by atoms with Crippen molar-refractivity contribution in [3.05, 3.63) is 77.7 Å². The molecule has 0 fully saturated rings. The van der Waals surface area contributed by atoms with Gasteiger partial charge in [-0.1, -0.05) is 52.7 Å². The average Bonchev–Trinajstić information content (AvgIpc) is 3.11. The lowest BCUT2D eigenvalue weighted by molar-refractivity contribution is 0.327. The van der Waals surface area contributed by atoms with Crippen LogP contribution in [0.15, 0.2) is 70.6 Å². The first-order valence-electron chi connectivity index (χ1n) is 8.16. The first-order chi connectivity index (χ1) is 12.9. The molecule has 6 nitrogen and oxygen atoms in total. The molecular weight excluding hydrogens is 386 g/mol. The van der Waals surface area contributed by atoms with Gasteiger partial charge in [-0.25, -0.2) is 8.42 Å². The molecule has 140 valence electrons. The first-order valence-corrected chi connectivity index (χ1v) is 9.98. The maximum atomic E-state index is 12.9. The first kappa shape index (κ1) is 19.3. The number of halogens is 1. The number of nitrogens with zero attached hydrogens (tertiary/aromatic N) is 3. The van der Waals surface area contributed by atoms with Crippen LogP contribution in [0.2, 0.25) is 5.02 Å². The Hall–Kier alpha value is -2.48. The Labute approximate surface area is 163 Å². The van der Waals surface area contributed by atoms with Crippen LogP contribution in [0.25, 0.3) is 11.4 Å². The van der Waals surface area contributed by atoms with Gasteiger partial charge in [-0.3, -0.25) is 0 Å². The van der Waals surface area contributed by atoms with Gasteiger partial charge in [-0.2, -0.15) is 9.29 Å². The molecule has 0 atom stereocenters. The van der Waals surface area contributed by atoms with E-state index >= 15 is 0 Å². The number of sulfonamides is 1. The van der Waals surface area contributed by atoms with Crippen LogP contribution < -0.4 is 0 Å². The predicted molar refractivity (Wildman–Crippen MR) is 104 cm³/mol. The predicted octanol–water partition coefficient (Wildman–Crippen LogP) is 4.08. The van der Waals surface area contributed by atoms with E-state index < -0.39 is 10.0 Å². The average molecular weight is 404 g/mol. The summed E-state index contributed by atoms with van der Waals surface area (Å²) in [5, 5.41) is 4.41. The number of hydrogen-bond acceptors (Lipinski definition) is 5. The topological polar surface area (TPSA) is 76.3 Å². The Balaban J connectivity index is 1.85. The highest BCUT2D eigenvalue weighted by Gasteiger charge is 2.26. The maximum Gasteiger partial charge on any atom is 0.243 e. The van der Waals surface area contributed by atoms with Gasteiger partial charge in [0.15, 0.2) is 0 Å². The number of benzene rings is 2. The van der Waals surface area contributed by atoms with E-state index in [9.17, 15) is 8.42 Å². The summed E-state index contributed by atoms with van der Waals surface area (Å²) in [5.41, 5.74) is 1.92. The molecular formula is C19H18ClN3O3S. The van der Waals surface area contributed by atoms with Crippen molar-refractivity contribution in [1.29, 1.82) is 0 Å². The molecule has 0 bridgehead atoms. The van der Waals surface area contributed by atoms with E-state index in [1.165, 1.54) is 34.6 Å². The quantitative estimate of drug-likeness (QED) is 0.555. The van der Waals surface area contributed by atoms with E-state index in [-0.39, 0.29) is 23.9 Å². The van der Waals surface area contributed by atoms with Crippen LogP contribution in [0.3, 0.4) is 0 Å². The number of hydrogen-bond donors (Lipinski definition) is 0. The van der Waals surface area contributed by atoms with Crippen LogP contribution in [-0.2, 0) is 16.6 Å². The van der Waals surface area contributed by atoms with Gasteiger partial charge >= 0.3 is 0 Å². The molecule has 0 saturated carbocycles. The van der Waals surface area contributed by atoms with Gasteiger partial charge in [0.2, 0.25) is 21.7 Å². The molecule has 0 amide bonds. The van der Waals surface area contributed by atoms with Gasteiger partial charge in [0.05, 0.1) is 11.4 Å². The van der Waals surface area contributed by atoms with Crippen molar-refractivity contribution in [3.8, 4) is 11.4 Å². The van der Waals surface area contributed by atoms with E-state index in [1.807, 2.05) is 31.2 Å². The number of rotatable bonds is 7. The highest BCUT2D eigenvalue weighted by molar-refractivity contribution is 7.89. The summed E-state index contributed by atoms with van der Waals surface area (Å²) in [7, 11) is -3.76. The molecule has 8 heteroatoms. The van der Waals surface area contributed by atoms with Crippen LogP contribution in [0.5, 0.6) is 0 Å². The van der Waals surface area contributed by atoms with Crippen LogP contribution >= 0.6 is 11.6 Å². The van der Waals surface area contributed by atoms with Gasteiger partial charge < -0.3 is 4.52 Å². The van der Waals surface area contributed by atoms with E-state index in [1.54, 1.807) is 0 Å². The Kier molecular flexibility index (Phi) is 5.74. The zero-order valence-corrected chi connectivity index (χ0v) is 16.2. The smallest absolute Gasteiger partial charge is 0.243 e. The Bertz CT molecular complexity index is 1030. The van der Waals surface area contributed by atoms with Gasteiger partial charge in [-0.05, 0) is 31.2 Å². The van der Waals surface area contributed by atoms with Crippen molar-refractivity contribution in [3.63, 3.8) is 0 Å². The third kappa shape index (κ3) is 4.44. The van der Waals surface area contributed by atoms with E-state index in [2.05, 4.69) is 16.7 Å². The Morgan fingerprint density at radius 2 is 1.81 bits per heavy atom. The molecule has 2 aromatic carbocycles. The molecule has 3 aromatic rings. The zero-order chi connectivity index (χ0) is 19.4. The van der Waals surface area contributed by atoms with Crippen LogP contribution in [0, 0.1) is 6.92 Å². The highest BCUT2D eigenvalue weighted by atomic mass is 35.5. The standard InChI is InChI=1S/C19H18ClN3O3S/c1-3-12-23(27(24,25)17-10-8-16(20)9-11-17)13-18-21-19(22-26-18)15-6-4-14(2)5-7-15/h3-11H,1,12-13H2,2H3. The molecule has 0 radical (unpaired) electrons. The van der Waals surface area contributed by atoms with E-state index in [4.69, 9.17) is 16.1 Å². The highest BCUT2D eigenvalue weighted by Crippen LogP contribution is 2.22. The van der Waals surface area contributed by atoms with E-state index in [0.29, 0.717) is 10.8 Å². The van der Waals surface area contributed by atoms with Crippen LogP contribution in [0.1, 0.15) is 11.5 Å². The minimum atomic E-state index is -3.76. The molecule has 0 aliphatic heterocycles. The van der Waals surface area contributed by atoms with Gasteiger partial charge in [0.25, 0.3) is 0 Å².